The molecule has 0 amide bonds. The molecule has 0 unspecified atom stereocenters. The van der Waals surface area contributed by atoms with Gasteiger partial charge in [0.25, 0.3) is 0 Å². The first-order valence-corrected chi connectivity index (χ1v) is 8.64. The van der Waals surface area contributed by atoms with E-state index in [1.807, 2.05) is 7.05 Å². The molecule has 0 atom stereocenters. The zero-order valence-electron chi connectivity index (χ0n) is 15.4. The van der Waals surface area contributed by atoms with E-state index in [0.717, 1.165) is 25.9 Å². The predicted molar refractivity (Wildman–Crippen MR) is 95.0 cm³/mol. The zero-order valence-corrected chi connectivity index (χ0v) is 15.4. The monoisotopic (exact) mass is 419 g/mol. The molecule has 1 aliphatic heterocycles. The van der Waals surface area contributed by atoms with Gasteiger partial charge in [-0.2, -0.15) is 0 Å². The Bertz CT molecular complexity index is 855. The molecule has 2 aromatic carbocycles. The molecule has 1 fully saturated rings. The Kier molecular flexibility index (Phi) is 7.63. The van der Waals surface area contributed by atoms with E-state index >= 15 is 0 Å². The van der Waals surface area contributed by atoms with Crippen molar-refractivity contribution >= 4 is 11.5 Å². The van der Waals surface area contributed by atoms with E-state index in [-0.39, 0.29) is 17.3 Å². The highest BCUT2D eigenvalue weighted by molar-refractivity contribution is 5.98. The van der Waals surface area contributed by atoms with Gasteiger partial charge in [-0.15, -0.1) is 0 Å². The minimum atomic E-state index is -2.21. The number of carbonyl (C=O) groups excluding carboxylic acids is 1. The van der Waals surface area contributed by atoms with Gasteiger partial charge in [0.2, 0.25) is 5.82 Å². The Morgan fingerprint density at radius 3 is 1.90 bits per heavy atom. The lowest BCUT2D eigenvalue weighted by atomic mass is 9.89. The molecule has 2 aromatic rings. The predicted octanol–water partition coefficient (Wildman–Crippen LogP) is 4.02. The third kappa shape index (κ3) is 5.07. The Hall–Kier alpha value is -2.59. The van der Waals surface area contributed by atoms with Crippen LogP contribution in [0, 0.1) is 40.8 Å². The Morgan fingerprint density at radius 2 is 1.41 bits per heavy atom. The van der Waals surface area contributed by atoms with Gasteiger partial charge in [-0.3, -0.25) is 10.6 Å². The first kappa shape index (κ1) is 22.7. The number of hydrogen-bond donors (Lipinski definition) is 2. The molecule has 0 aliphatic carbocycles. The van der Waals surface area contributed by atoms with Gasteiger partial charge in [0.05, 0.1) is 5.56 Å². The van der Waals surface area contributed by atoms with Crippen molar-refractivity contribution in [3.05, 3.63) is 64.7 Å². The van der Waals surface area contributed by atoms with Crippen LogP contribution in [-0.2, 0) is 0 Å². The summed E-state index contributed by atoms with van der Waals surface area (Å²) >= 11 is 0. The molecule has 158 valence electrons. The standard InChI is InChI=1S/C13H16FNO.C6H3F5N2/c1-15-8-6-10(7-9-15)13(16)11-4-2-3-5-12(11)14;7-1-2(8)4(10)6(13-12)5(11)3(1)9/h2-5,10H,6-9H2,1H3;13H,12H2. The Labute approximate surface area is 163 Å². The molecule has 1 heterocycles. The summed E-state index contributed by atoms with van der Waals surface area (Å²) in [6.45, 7) is 1.84. The van der Waals surface area contributed by atoms with Crippen molar-refractivity contribution in [1.82, 2.24) is 4.90 Å². The van der Waals surface area contributed by atoms with Crippen molar-refractivity contribution in [3.8, 4) is 0 Å². The summed E-state index contributed by atoms with van der Waals surface area (Å²) in [7, 11) is 2.05. The SMILES string of the molecule is CN1CCC(C(=O)c2ccccc2F)CC1.NNc1c(F)c(F)c(F)c(F)c1F. The summed E-state index contributed by atoms with van der Waals surface area (Å²) in [5.41, 5.74) is 0.370. The molecule has 29 heavy (non-hydrogen) atoms. The number of Topliss-reactive ketones (excluding diaryl/α,β-unsaturated/α-hetero) is 1. The maximum atomic E-state index is 13.4. The van der Waals surface area contributed by atoms with Gasteiger partial charge in [0.1, 0.15) is 11.5 Å². The van der Waals surface area contributed by atoms with Gasteiger partial charge in [-0.05, 0) is 45.1 Å². The van der Waals surface area contributed by atoms with Gasteiger partial charge in [-0.1, -0.05) is 12.1 Å². The van der Waals surface area contributed by atoms with Crippen molar-refractivity contribution < 1.29 is 31.1 Å². The molecule has 3 N–H and O–H groups in total. The molecule has 0 radical (unpaired) electrons. The lowest BCUT2D eigenvalue weighted by molar-refractivity contribution is 0.0852. The quantitative estimate of drug-likeness (QED) is 0.197. The molecule has 0 saturated carbocycles. The number of anilines is 1. The maximum Gasteiger partial charge on any atom is 0.200 e. The number of nitrogen functional groups attached to an aromatic ring is 1. The van der Waals surface area contributed by atoms with E-state index in [9.17, 15) is 31.1 Å². The molecule has 10 heteroatoms. The number of ketones is 1. The van der Waals surface area contributed by atoms with Crippen LogP contribution >= 0.6 is 0 Å². The second-order valence-corrected chi connectivity index (χ2v) is 6.51. The van der Waals surface area contributed by atoms with Crippen molar-refractivity contribution in [3.63, 3.8) is 0 Å². The molecule has 0 bridgehead atoms. The van der Waals surface area contributed by atoms with E-state index in [2.05, 4.69) is 10.7 Å². The van der Waals surface area contributed by atoms with E-state index < -0.39 is 40.6 Å². The third-order valence-electron chi connectivity index (χ3n) is 4.58. The lowest BCUT2D eigenvalue weighted by Gasteiger charge is -2.28. The second kappa shape index (κ2) is 9.75. The summed E-state index contributed by atoms with van der Waals surface area (Å²) in [5, 5.41) is 0. The fourth-order valence-corrected chi connectivity index (χ4v) is 2.88. The topological polar surface area (TPSA) is 58.4 Å². The fourth-order valence-electron chi connectivity index (χ4n) is 2.88. The number of carbonyl (C=O) groups is 1. The molecular weight excluding hydrogens is 400 g/mol. The summed E-state index contributed by atoms with van der Waals surface area (Å²) in [5.74, 6) is -6.14. The van der Waals surface area contributed by atoms with E-state index in [1.54, 1.807) is 18.2 Å². The number of nitrogens with zero attached hydrogens (tertiary/aromatic N) is 1. The third-order valence-corrected chi connectivity index (χ3v) is 4.58. The number of likely N-dealkylation sites (tertiary alicyclic amines) is 1. The molecule has 3 rings (SSSR count). The van der Waals surface area contributed by atoms with Gasteiger partial charge in [0.15, 0.2) is 29.1 Å². The smallest absolute Gasteiger partial charge is 0.200 e. The maximum absolute atomic E-state index is 13.4. The van der Waals surface area contributed by atoms with E-state index in [1.165, 1.54) is 11.5 Å². The summed E-state index contributed by atoms with van der Waals surface area (Å²) < 4.78 is 75.5. The molecule has 0 spiro atoms. The van der Waals surface area contributed by atoms with Crippen molar-refractivity contribution in [2.45, 2.75) is 12.8 Å². The molecule has 1 saturated heterocycles. The van der Waals surface area contributed by atoms with E-state index in [4.69, 9.17) is 0 Å². The van der Waals surface area contributed by atoms with Crippen LogP contribution in [0.4, 0.5) is 32.0 Å². The fraction of sp³-hybridized carbons (Fsp3) is 0.316. The second-order valence-electron chi connectivity index (χ2n) is 6.51. The normalized spacial score (nSPS) is 14.9. The first-order valence-electron chi connectivity index (χ1n) is 8.64. The van der Waals surface area contributed by atoms with Gasteiger partial charge >= 0.3 is 0 Å². The van der Waals surface area contributed by atoms with Crippen LogP contribution in [0.5, 0.6) is 0 Å². The van der Waals surface area contributed by atoms with Gasteiger partial charge in [0, 0.05) is 5.92 Å². The summed E-state index contributed by atoms with van der Waals surface area (Å²) in [4.78, 5) is 14.3. The number of nitrogens with one attached hydrogen (secondary N) is 1. The Balaban J connectivity index is 0.000000212. The van der Waals surface area contributed by atoms with Crippen LogP contribution in [0.15, 0.2) is 24.3 Å². The van der Waals surface area contributed by atoms with Crippen molar-refractivity contribution in [1.29, 1.82) is 0 Å². The number of benzene rings is 2. The van der Waals surface area contributed by atoms with Crippen LogP contribution in [0.1, 0.15) is 23.2 Å². The minimum absolute atomic E-state index is 0.00639. The number of hydrazine groups is 1. The number of halogens is 6. The minimum Gasteiger partial charge on any atom is -0.319 e. The van der Waals surface area contributed by atoms with Gasteiger partial charge in [-0.25, -0.2) is 26.3 Å². The highest BCUT2D eigenvalue weighted by Gasteiger charge is 2.26. The lowest BCUT2D eigenvalue weighted by Crippen LogP contribution is -2.33. The highest BCUT2D eigenvalue weighted by atomic mass is 19.2. The largest absolute Gasteiger partial charge is 0.319 e. The van der Waals surface area contributed by atoms with Crippen LogP contribution in [-0.4, -0.2) is 30.8 Å². The van der Waals surface area contributed by atoms with E-state index in [0.29, 0.717) is 0 Å². The average Bonchev–Trinajstić information content (AvgIpc) is 2.72. The number of piperidine rings is 1. The van der Waals surface area contributed by atoms with Crippen LogP contribution in [0.2, 0.25) is 0 Å². The van der Waals surface area contributed by atoms with Crippen LogP contribution in [0.25, 0.3) is 0 Å². The molecule has 4 nitrogen and oxygen atoms in total. The first-order chi connectivity index (χ1) is 13.7. The van der Waals surface area contributed by atoms with Crippen molar-refractivity contribution in [2.24, 2.45) is 11.8 Å². The summed E-state index contributed by atoms with van der Waals surface area (Å²) in [6, 6.07) is 6.25. The highest BCUT2D eigenvalue weighted by Crippen LogP contribution is 2.26. The molecule has 1 aliphatic rings. The Morgan fingerprint density at radius 1 is 0.931 bits per heavy atom. The van der Waals surface area contributed by atoms with Crippen LogP contribution in [0.3, 0.4) is 0 Å². The van der Waals surface area contributed by atoms with Crippen molar-refractivity contribution in [2.75, 3.05) is 25.6 Å². The number of nitrogens with two attached hydrogens (primary N) is 1. The van der Waals surface area contributed by atoms with Crippen LogP contribution < -0.4 is 11.3 Å². The zero-order chi connectivity index (χ0) is 21.7. The summed E-state index contributed by atoms with van der Waals surface area (Å²) in [6.07, 6.45) is 1.67. The number of rotatable bonds is 3. The number of hydrogen-bond acceptors (Lipinski definition) is 4. The van der Waals surface area contributed by atoms with Gasteiger partial charge < -0.3 is 10.3 Å². The average molecular weight is 419 g/mol. The molecular formula is C19H19F6N3O. The molecule has 0 aromatic heterocycles.